The van der Waals surface area contributed by atoms with Crippen LogP contribution >= 0.6 is 0 Å². The molecule has 1 aromatic rings. The minimum atomic E-state index is -1.38. The second-order valence-electron chi connectivity index (χ2n) is 10.4. The normalized spacial score (nSPS) is 29.4. The molecule has 0 spiro atoms. The molecule has 5 rings (SSSR count). The number of hydrogen-bond donors (Lipinski definition) is 1. The molecule has 1 aromatic carbocycles. The zero-order chi connectivity index (χ0) is 23.8. The van der Waals surface area contributed by atoms with Gasteiger partial charge in [-0.1, -0.05) is 25.0 Å². The molecule has 4 fully saturated rings. The van der Waals surface area contributed by atoms with Crippen molar-refractivity contribution in [2.24, 2.45) is 5.92 Å². The van der Waals surface area contributed by atoms with Crippen LogP contribution < -0.4 is 5.32 Å². The van der Waals surface area contributed by atoms with Crippen molar-refractivity contribution in [3.05, 3.63) is 35.4 Å². The van der Waals surface area contributed by atoms with E-state index in [0.717, 1.165) is 51.6 Å². The highest BCUT2D eigenvalue weighted by Gasteiger charge is 2.54. The predicted molar refractivity (Wildman–Crippen MR) is 124 cm³/mol. The Hall–Kier alpha value is -2.32. The number of nitrogens with one attached hydrogen (secondary N) is 1. The van der Waals surface area contributed by atoms with E-state index in [1.54, 1.807) is 0 Å². The topological polar surface area (TPSA) is 79.0 Å². The maximum Gasteiger partial charge on any atom is 0.251 e. The SMILES string of the molecule is CN1CCC(c2ccc(C(=O)N[C@H](C(=O)N3C[C@H](F)[C@H]4OCC(=O)[C@H]43)C3CCCC3)cc2)CC1. The van der Waals surface area contributed by atoms with Crippen molar-refractivity contribution < 1.29 is 23.5 Å². The summed E-state index contributed by atoms with van der Waals surface area (Å²) < 4.78 is 19.8. The Bertz CT molecular complexity index is 924. The Kier molecular flexibility index (Phi) is 6.71. The number of fused-ring (bicyclic) bond motifs is 1. The van der Waals surface area contributed by atoms with Gasteiger partial charge < -0.3 is 19.9 Å². The van der Waals surface area contributed by atoms with Gasteiger partial charge in [-0.05, 0) is 75.4 Å². The number of amides is 2. The van der Waals surface area contributed by atoms with Crippen LogP contribution in [-0.2, 0) is 14.3 Å². The number of benzene rings is 1. The van der Waals surface area contributed by atoms with Crippen LogP contribution in [0.1, 0.15) is 60.4 Å². The molecule has 4 aliphatic rings. The lowest BCUT2D eigenvalue weighted by molar-refractivity contribution is -0.139. The molecule has 3 aliphatic heterocycles. The molecule has 8 heteroatoms. The fourth-order valence-electron chi connectivity index (χ4n) is 6.15. The first-order chi connectivity index (χ1) is 16.4. The zero-order valence-electron chi connectivity index (χ0n) is 19.7. The largest absolute Gasteiger partial charge is 0.365 e. The molecule has 4 atom stereocenters. The van der Waals surface area contributed by atoms with Crippen LogP contribution in [0.25, 0.3) is 0 Å². The van der Waals surface area contributed by atoms with Crippen molar-refractivity contribution >= 4 is 17.6 Å². The Balaban J connectivity index is 1.30. The number of alkyl halides is 1. The number of piperidine rings is 1. The van der Waals surface area contributed by atoms with Crippen LogP contribution in [0.3, 0.4) is 0 Å². The van der Waals surface area contributed by atoms with Crippen molar-refractivity contribution in [2.45, 2.75) is 68.8 Å². The summed E-state index contributed by atoms with van der Waals surface area (Å²) in [6.45, 7) is 1.82. The van der Waals surface area contributed by atoms with Gasteiger partial charge in [0.05, 0.1) is 6.54 Å². The van der Waals surface area contributed by atoms with Crippen LogP contribution in [0.4, 0.5) is 4.39 Å². The van der Waals surface area contributed by atoms with E-state index in [1.165, 1.54) is 10.5 Å². The number of halogens is 1. The molecule has 7 nitrogen and oxygen atoms in total. The van der Waals surface area contributed by atoms with E-state index in [4.69, 9.17) is 4.74 Å². The molecule has 0 radical (unpaired) electrons. The van der Waals surface area contributed by atoms with E-state index < -0.39 is 24.4 Å². The molecule has 1 N–H and O–H groups in total. The molecule has 0 unspecified atom stereocenters. The maximum absolute atomic E-state index is 14.5. The molecule has 1 aliphatic carbocycles. The van der Waals surface area contributed by atoms with Crippen molar-refractivity contribution in [3.63, 3.8) is 0 Å². The molecule has 3 heterocycles. The van der Waals surface area contributed by atoms with Gasteiger partial charge >= 0.3 is 0 Å². The second-order valence-corrected chi connectivity index (χ2v) is 10.4. The van der Waals surface area contributed by atoms with E-state index >= 15 is 0 Å². The van der Waals surface area contributed by atoms with Crippen molar-refractivity contribution in [2.75, 3.05) is 33.3 Å². The highest BCUT2D eigenvalue weighted by molar-refractivity contribution is 5.99. The number of ketones is 1. The molecule has 34 heavy (non-hydrogen) atoms. The zero-order valence-corrected chi connectivity index (χ0v) is 19.7. The number of ether oxygens (including phenoxy) is 1. The van der Waals surface area contributed by atoms with E-state index in [1.807, 2.05) is 24.3 Å². The van der Waals surface area contributed by atoms with Gasteiger partial charge in [0.2, 0.25) is 5.91 Å². The molecular formula is C26H34FN3O4. The Morgan fingerprint density at radius 1 is 1.09 bits per heavy atom. The van der Waals surface area contributed by atoms with Gasteiger partial charge in [-0.3, -0.25) is 14.4 Å². The van der Waals surface area contributed by atoms with Gasteiger partial charge in [-0.15, -0.1) is 0 Å². The van der Waals surface area contributed by atoms with Crippen LogP contribution in [0.2, 0.25) is 0 Å². The Morgan fingerprint density at radius 2 is 1.76 bits per heavy atom. The van der Waals surface area contributed by atoms with E-state index in [0.29, 0.717) is 11.5 Å². The smallest absolute Gasteiger partial charge is 0.251 e. The van der Waals surface area contributed by atoms with Gasteiger partial charge in [0.1, 0.15) is 31.0 Å². The fraction of sp³-hybridized carbons (Fsp3) is 0.654. The number of hydrogen-bond acceptors (Lipinski definition) is 5. The number of nitrogens with zero attached hydrogens (tertiary/aromatic N) is 2. The first-order valence-electron chi connectivity index (χ1n) is 12.6. The molecule has 2 amide bonds. The summed E-state index contributed by atoms with van der Waals surface area (Å²) in [6, 6.07) is 6.06. The van der Waals surface area contributed by atoms with E-state index in [2.05, 4.69) is 17.3 Å². The summed E-state index contributed by atoms with van der Waals surface area (Å²) in [5.41, 5.74) is 1.75. The fourth-order valence-corrected chi connectivity index (χ4v) is 6.15. The monoisotopic (exact) mass is 471 g/mol. The summed E-state index contributed by atoms with van der Waals surface area (Å²) in [6.07, 6.45) is 3.60. The van der Waals surface area contributed by atoms with Gasteiger partial charge in [-0.2, -0.15) is 0 Å². The van der Waals surface area contributed by atoms with E-state index in [-0.39, 0.29) is 36.7 Å². The highest BCUT2D eigenvalue weighted by atomic mass is 19.1. The lowest BCUT2D eigenvalue weighted by atomic mass is 9.89. The predicted octanol–water partition coefficient (Wildman–Crippen LogP) is 2.30. The number of likely N-dealkylation sites (tertiary alicyclic amines) is 2. The minimum absolute atomic E-state index is 0.00973. The van der Waals surface area contributed by atoms with Crippen LogP contribution in [-0.4, -0.2) is 85.0 Å². The second kappa shape index (κ2) is 9.74. The third-order valence-electron chi connectivity index (χ3n) is 8.19. The molecule has 0 aromatic heterocycles. The van der Waals surface area contributed by atoms with Crippen LogP contribution in [0, 0.1) is 5.92 Å². The average molecular weight is 472 g/mol. The first kappa shape index (κ1) is 23.4. The molecular weight excluding hydrogens is 437 g/mol. The van der Waals surface area contributed by atoms with Crippen molar-refractivity contribution in [3.8, 4) is 0 Å². The third kappa shape index (κ3) is 4.50. The number of carbonyl (C=O) groups is 3. The summed E-state index contributed by atoms with van der Waals surface area (Å²) in [5, 5.41) is 2.95. The number of Topliss-reactive ketones (excluding diaryl/α,β-unsaturated/α-hetero) is 1. The summed E-state index contributed by atoms with van der Waals surface area (Å²) >= 11 is 0. The lowest BCUT2D eigenvalue weighted by Gasteiger charge is -2.30. The minimum Gasteiger partial charge on any atom is -0.365 e. The Labute approximate surface area is 200 Å². The van der Waals surface area contributed by atoms with Gasteiger partial charge in [-0.25, -0.2) is 4.39 Å². The van der Waals surface area contributed by atoms with Gasteiger partial charge in [0, 0.05) is 5.56 Å². The summed E-state index contributed by atoms with van der Waals surface area (Å²) in [5.74, 6) is -0.438. The average Bonchev–Trinajstić information content (AvgIpc) is 3.58. The molecule has 0 bridgehead atoms. The van der Waals surface area contributed by atoms with Crippen LogP contribution in [0.5, 0.6) is 0 Å². The molecule has 1 saturated carbocycles. The van der Waals surface area contributed by atoms with Crippen molar-refractivity contribution in [1.82, 2.24) is 15.1 Å². The first-order valence-corrected chi connectivity index (χ1v) is 12.6. The number of rotatable bonds is 5. The van der Waals surface area contributed by atoms with E-state index in [9.17, 15) is 18.8 Å². The third-order valence-corrected chi connectivity index (χ3v) is 8.19. The molecule has 3 saturated heterocycles. The summed E-state index contributed by atoms with van der Waals surface area (Å²) in [7, 11) is 2.14. The number of carbonyl (C=O) groups excluding carboxylic acids is 3. The Morgan fingerprint density at radius 3 is 2.44 bits per heavy atom. The van der Waals surface area contributed by atoms with Crippen molar-refractivity contribution in [1.29, 1.82) is 0 Å². The highest BCUT2D eigenvalue weighted by Crippen LogP contribution is 2.34. The standard InChI is InChI=1S/C26H34FN3O4/c1-29-12-10-17(11-13-29)16-6-8-19(9-7-16)25(32)28-22(18-4-2-3-5-18)26(33)30-14-20(27)24-23(30)21(31)15-34-24/h6-9,17-18,20,22-24H,2-5,10-15H2,1H3,(H,28,32)/t20-,22-,23+,24+/m0/s1. The molecule has 184 valence electrons. The van der Waals surface area contributed by atoms with Gasteiger partial charge in [0.25, 0.3) is 5.91 Å². The van der Waals surface area contributed by atoms with Crippen LogP contribution in [0.15, 0.2) is 24.3 Å². The maximum atomic E-state index is 14.5. The summed E-state index contributed by atoms with van der Waals surface area (Å²) in [4.78, 5) is 42.7. The quantitative estimate of drug-likeness (QED) is 0.713. The lowest BCUT2D eigenvalue weighted by Crippen LogP contribution is -2.54. The van der Waals surface area contributed by atoms with Gasteiger partial charge in [0.15, 0.2) is 5.78 Å².